The Morgan fingerprint density at radius 1 is 1.22 bits per heavy atom. The van der Waals surface area contributed by atoms with E-state index in [9.17, 15) is 19.8 Å². The van der Waals surface area contributed by atoms with Crippen LogP contribution < -0.4 is 0 Å². The Balaban J connectivity index is 2.33. The van der Waals surface area contributed by atoms with Crippen molar-refractivity contribution in [1.29, 1.82) is 5.26 Å². The molecule has 6 nitrogen and oxygen atoms in total. The summed E-state index contributed by atoms with van der Waals surface area (Å²) in [6.07, 6.45) is -2.78. The van der Waals surface area contributed by atoms with Crippen molar-refractivity contribution in [2.45, 2.75) is 18.6 Å². The summed E-state index contributed by atoms with van der Waals surface area (Å²) in [6, 6.07) is 5.77. The topological polar surface area (TPSA) is 108 Å². The third-order valence-electron chi connectivity index (χ3n) is 2.68. The second kappa shape index (κ2) is 4.56. The number of esters is 2. The molecule has 1 aromatic rings. The number of nitrogens with zero attached hydrogens (tertiary/aromatic N) is 1. The van der Waals surface area contributed by atoms with Crippen molar-refractivity contribution in [2.75, 3.05) is 0 Å². The van der Waals surface area contributed by atoms with E-state index in [1.807, 2.05) is 0 Å². The SMILES string of the molecule is N#CCC(O)C(O)c1ccc2c(c1)C(=O)OC2=O. The van der Waals surface area contributed by atoms with Crippen LogP contribution in [0.5, 0.6) is 0 Å². The molecular formula is C12H9NO5. The number of fused-ring (bicyclic) bond motifs is 1. The highest BCUT2D eigenvalue weighted by Crippen LogP contribution is 2.26. The monoisotopic (exact) mass is 247 g/mol. The van der Waals surface area contributed by atoms with Crippen LogP contribution in [0.3, 0.4) is 0 Å². The summed E-state index contributed by atoms with van der Waals surface area (Å²) in [5.74, 6) is -1.51. The number of nitriles is 1. The van der Waals surface area contributed by atoms with Gasteiger partial charge in [-0.05, 0) is 17.7 Å². The lowest BCUT2D eigenvalue weighted by Gasteiger charge is -2.15. The molecule has 0 saturated heterocycles. The number of rotatable bonds is 3. The molecule has 1 aliphatic heterocycles. The summed E-state index contributed by atoms with van der Waals surface area (Å²) in [5, 5.41) is 27.7. The van der Waals surface area contributed by atoms with Crippen LogP contribution >= 0.6 is 0 Å². The van der Waals surface area contributed by atoms with E-state index in [1.165, 1.54) is 18.2 Å². The molecule has 6 heteroatoms. The van der Waals surface area contributed by atoms with Gasteiger partial charge in [0.2, 0.25) is 0 Å². The second-order valence-electron chi connectivity index (χ2n) is 3.86. The predicted molar refractivity (Wildman–Crippen MR) is 57.4 cm³/mol. The first kappa shape index (κ1) is 12.2. The number of aliphatic hydroxyl groups is 2. The third kappa shape index (κ3) is 1.97. The first-order valence-corrected chi connectivity index (χ1v) is 5.18. The van der Waals surface area contributed by atoms with E-state index in [4.69, 9.17) is 5.26 Å². The number of aliphatic hydroxyl groups excluding tert-OH is 2. The lowest BCUT2D eigenvalue weighted by atomic mass is 9.98. The van der Waals surface area contributed by atoms with Gasteiger partial charge in [-0.15, -0.1) is 0 Å². The average molecular weight is 247 g/mol. The van der Waals surface area contributed by atoms with Crippen LogP contribution in [-0.2, 0) is 4.74 Å². The van der Waals surface area contributed by atoms with Crippen LogP contribution in [0.4, 0.5) is 0 Å². The molecule has 2 N–H and O–H groups in total. The average Bonchev–Trinajstić information content (AvgIpc) is 2.64. The minimum Gasteiger partial charge on any atom is -0.389 e. The molecule has 0 saturated carbocycles. The van der Waals surface area contributed by atoms with Crippen molar-refractivity contribution in [3.63, 3.8) is 0 Å². The first-order valence-electron chi connectivity index (χ1n) is 5.18. The number of cyclic esters (lactones) is 2. The summed E-state index contributed by atoms with van der Waals surface area (Å²) in [6.45, 7) is 0. The fourth-order valence-electron chi connectivity index (χ4n) is 1.71. The summed E-state index contributed by atoms with van der Waals surface area (Å²) in [7, 11) is 0. The summed E-state index contributed by atoms with van der Waals surface area (Å²) in [4.78, 5) is 22.5. The minimum atomic E-state index is -1.29. The summed E-state index contributed by atoms with van der Waals surface area (Å²) < 4.78 is 4.40. The number of benzene rings is 1. The minimum absolute atomic E-state index is 0.0562. The van der Waals surface area contributed by atoms with Crippen molar-refractivity contribution in [2.24, 2.45) is 0 Å². The van der Waals surface area contributed by atoms with Crippen molar-refractivity contribution in [3.05, 3.63) is 34.9 Å². The molecule has 0 aliphatic carbocycles. The predicted octanol–water partition coefficient (Wildman–Crippen LogP) is 0.305. The van der Waals surface area contributed by atoms with E-state index < -0.39 is 24.1 Å². The quantitative estimate of drug-likeness (QED) is 0.587. The molecule has 92 valence electrons. The summed E-state index contributed by atoms with van der Waals surface area (Å²) in [5.41, 5.74) is 0.439. The van der Waals surface area contributed by atoms with Crippen molar-refractivity contribution < 1.29 is 24.5 Å². The van der Waals surface area contributed by atoms with E-state index in [0.29, 0.717) is 0 Å². The Labute approximate surface area is 102 Å². The Morgan fingerprint density at radius 3 is 2.56 bits per heavy atom. The van der Waals surface area contributed by atoms with Crippen LogP contribution in [0.2, 0.25) is 0 Å². The molecular weight excluding hydrogens is 238 g/mol. The van der Waals surface area contributed by atoms with E-state index in [-0.39, 0.29) is 23.1 Å². The number of carbonyl (C=O) groups is 2. The number of ether oxygens (including phenoxy) is 1. The molecule has 0 spiro atoms. The highest BCUT2D eigenvalue weighted by molar-refractivity contribution is 6.14. The van der Waals surface area contributed by atoms with Gasteiger partial charge in [0.1, 0.15) is 6.10 Å². The fraction of sp³-hybridized carbons (Fsp3) is 0.250. The van der Waals surface area contributed by atoms with Crippen LogP contribution in [0.15, 0.2) is 18.2 Å². The van der Waals surface area contributed by atoms with Gasteiger partial charge in [0.05, 0.1) is 29.7 Å². The van der Waals surface area contributed by atoms with Crippen molar-refractivity contribution in [3.8, 4) is 6.07 Å². The number of carbonyl (C=O) groups excluding carboxylic acids is 2. The fourth-order valence-corrected chi connectivity index (χ4v) is 1.71. The van der Waals surface area contributed by atoms with E-state index in [1.54, 1.807) is 6.07 Å². The Bertz CT molecular complexity index is 560. The molecule has 2 atom stereocenters. The Kier molecular flexibility index (Phi) is 3.10. The summed E-state index contributed by atoms with van der Waals surface area (Å²) >= 11 is 0. The highest BCUT2D eigenvalue weighted by atomic mass is 16.6. The van der Waals surface area contributed by atoms with Gasteiger partial charge in [-0.25, -0.2) is 9.59 Å². The molecule has 0 bridgehead atoms. The zero-order chi connectivity index (χ0) is 13.3. The molecule has 1 aliphatic rings. The second-order valence-corrected chi connectivity index (χ2v) is 3.86. The normalized spacial score (nSPS) is 16.7. The maximum Gasteiger partial charge on any atom is 0.346 e. The molecule has 0 fully saturated rings. The molecule has 1 aromatic carbocycles. The van der Waals surface area contributed by atoms with Gasteiger partial charge >= 0.3 is 11.9 Å². The van der Waals surface area contributed by atoms with E-state index >= 15 is 0 Å². The first-order chi connectivity index (χ1) is 8.54. The van der Waals surface area contributed by atoms with Crippen molar-refractivity contribution in [1.82, 2.24) is 0 Å². The molecule has 0 aromatic heterocycles. The van der Waals surface area contributed by atoms with Gasteiger partial charge < -0.3 is 14.9 Å². The van der Waals surface area contributed by atoms with Crippen LogP contribution in [0.1, 0.15) is 38.8 Å². The molecule has 1 heterocycles. The van der Waals surface area contributed by atoms with Crippen LogP contribution in [0, 0.1) is 11.3 Å². The van der Waals surface area contributed by atoms with E-state index in [0.717, 1.165) is 0 Å². The largest absolute Gasteiger partial charge is 0.389 e. The van der Waals surface area contributed by atoms with Gasteiger partial charge in [0.25, 0.3) is 0 Å². The molecule has 0 radical (unpaired) electrons. The maximum atomic E-state index is 11.3. The molecule has 18 heavy (non-hydrogen) atoms. The van der Waals surface area contributed by atoms with Crippen molar-refractivity contribution >= 4 is 11.9 Å². The molecule has 2 rings (SSSR count). The molecule has 2 unspecified atom stereocenters. The third-order valence-corrected chi connectivity index (χ3v) is 2.68. The lowest BCUT2D eigenvalue weighted by Crippen LogP contribution is -2.17. The Hall–Kier alpha value is -2.23. The zero-order valence-corrected chi connectivity index (χ0v) is 9.16. The highest BCUT2D eigenvalue weighted by Gasteiger charge is 2.31. The van der Waals surface area contributed by atoms with Gasteiger partial charge in [-0.3, -0.25) is 0 Å². The van der Waals surface area contributed by atoms with Gasteiger partial charge in [0, 0.05) is 0 Å². The van der Waals surface area contributed by atoms with Gasteiger partial charge in [-0.1, -0.05) is 6.07 Å². The van der Waals surface area contributed by atoms with Gasteiger partial charge in [0.15, 0.2) is 0 Å². The van der Waals surface area contributed by atoms with Gasteiger partial charge in [-0.2, -0.15) is 5.26 Å². The molecule has 0 amide bonds. The Morgan fingerprint density at radius 2 is 1.89 bits per heavy atom. The smallest absolute Gasteiger partial charge is 0.346 e. The maximum absolute atomic E-state index is 11.3. The zero-order valence-electron chi connectivity index (χ0n) is 9.16. The number of hydrogen-bond acceptors (Lipinski definition) is 6. The van der Waals surface area contributed by atoms with Crippen LogP contribution in [-0.4, -0.2) is 28.3 Å². The van der Waals surface area contributed by atoms with E-state index in [2.05, 4.69) is 4.74 Å². The standard InChI is InChI=1S/C12H9NO5/c13-4-3-9(14)10(15)6-1-2-7-8(5-6)12(17)18-11(7)16/h1-2,5,9-10,14-15H,3H2. The lowest BCUT2D eigenvalue weighted by molar-refractivity contribution is 0.0215. The van der Waals surface area contributed by atoms with Crippen LogP contribution in [0.25, 0.3) is 0 Å². The number of hydrogen-bond donors (Lipinski definition) is 2.